The number of hydrogen-bond donors (Lipinski definition) is 2. The summed E-state index contributed by atoms with van der Waals surface area (Å²) in [6, 6.07) is 5.13. The number of amides is 1. The molecule has 2 bridgehead atoms. The largest absolute Gasteiger partial charge is 0.497 e. The lowest BCUT2D eigenvalue weighted by Crippen LogP contribution is -2.49. The van der Waals surface area contributed by atoms with Crippen LogP contribution in [0.1, 0.15) is 25.7 Å². The normalized spacial score (nSPS) is 28.2. The van der Waals surface area contributed by atoms with Crippen molar-refractivity contribution in [2.75, 3.05) is 19.5 Å². The number of methoxy groups -OCH3 is 2. The Bertz CT molecular complexity index is 614. The Morgan fingerprint density at radius 1 is 0.958 bits per heavy atom. The van der Waals surface area contributed by atoms with Crippen LogP contribution in [0.4, 0.5) is 5.69 Å². The highest BCUT2D eigenvalue weighted by Crippen LogP contribution is 2.49. The number of nitrogens with one attached hydrogen (secondary N) is 1. The first-order valence-electron chi connectivity index (χ1n) is 8.30. The second kappa shape index (κ2) is 6.71. The van der Waals surface area contributed by atoms with Gasteiger partial charge in [-0.2, -0.15) is 0 Å². The molecule has 2 atom stereocenters. The van der Waals surface area contributed by atoms with Crippen LogP contribution in [0.15, 0.2) is 18.2 Å². The van der Waals surface area contributed by atoms with Crippen LogP contribution >= 0.6 is 0 Å². The van der Waals surface area contributed by atoms with Crippen molar-refractivity contribution in [3.63, 3.8) is 0 Å². The van der Waals surface area contributed by atoms with E-state index in [1.807, 2.05) is 0 Å². The van der Waals surface area contributed by atoms with Gasteiger partial charge in [0.15, 0.2) is 0 Å². The Morgan fingerprint density at radius 2 is 1.46 bits per heavy atom. The minimum absolute atomic E-state index is 0.114. The molecule has 3 fully saturated rings. The van der Waals surface area contributed by atoms with Gasteiger partial charge >= 0.3 is 5.97 Å². The fourth-order valence-electron chi connectivity index (χ4n) is 4.29. The maximum atomic E-state index is 12.8. The minimum atomic E-state index is -0.854. The van der Waals surface area contributed by atoms with Gasteiger partial charge in [-0.15, -0.1) is 0 Å². The molecule has 6 nitrogen and oxygen atoms in total. The Labute approximate surface area is 141 Å². The fraction of sp³-hybridized carbons (Fsp3) is 0.556. The van der Waals surface area contributed by atoms with Crippen LogP contribution in [0.3, 0.4) is 0 Å². The van der Waals surface area contributed by atoms with Crippen molar-refractivity contribution in [1.29, 1.82) is 0 Å². The van der Waals surface area contributed by atoms with E-state index in [9.17, 15) is 14.7 Å². The smallest absolute Gasteiger partial charge is 0.307 e. The topological polar surface area (TPSA) is 84.9 Å². The predicted octanol–water partition coefficient (Wildman–Crippen LogP) is 2.78. The average Bonchev–Trinajstić information content (AvgIpc) is 2.61. The van der Waals surface area contributed by atoms with Gasteiger partial charge in [0.1, 0.15) is 11.5 Å². The van der Waals surface area contributed by atoms with E-state index in [-0.39, 0.29) is 17.7 Å². The number of carboxylic acids is 1. The molecule has 24 heavy (non-hydrogen) atoms. The van der Waals surface area contributed by atoms with E-state index >= 15 is 0 Å². The summed E-state index contributed by atoms with van der Waals surface area (Å²) in [5, 5.41) is 12.5. The second-order valence-electron chi connectivity index (χ2n) is 6.66. The van der Waals surface area contributed by atoms with Gasteiger partial charge < -0.3 is 19.9 Å². The average molecular weight is 333 g/mol. The first-order valence-corrected chi connectivity index (χ1v) is 8.30. The monoisotopic (exact) mass is 333 g/mol. The summed E-state index contributed by atoms with van der Waals surface area (Å²) in [5.74, 6) is -0.696. The molecule has 4 rings (SSSR count). The number of aliphatic carboxylic acids is 1. The molecule has 3 aliphatic rings. The summed E-state index contributed by atoms with van der Waals surface area (Å²) in [6.45, 7) is 0. The summed E-state index contributed by atoms with van der Waals surface area (Å²) >= 11 is 0. The lowest BCUT2D eigenvalue weighted by molar-refractivity contribution is -0.156. The van der Waals surface area contributed by atoms with Crippen LogP contribution < -0.4 is 14.8 Å². The van der Waals surface area contributed by atoms with Crippen LogP contribution in [-0.4, -0.2) is 31.2 Å². The Balaban J connectivity index is 1.82. The summed E-state index contributed by atoms with van der Waals surface area (Å²) in [5.41, 5.74) is 0.557. The van der Waals surface area contributed by atoms with Crippen molar-refractivity contribution in [2.45, 2.75) is 25.7 Å². The molecule has 0 heterocycles. The molecular weight excluding hydrogens is 310 g/mol. The third-order valence-electron chi connectivity index (χ3n) is 5.43. The van der Waals surface area contributed by atoms with E-state index in [0.29, 0.717) is 17.2 Å². The van der Waals surface area contributed by atoms with E-state index in [4.69, 9.17) is 9.47 Å². The number of fused-ring (bicyclic) bond motifs is 3. The van der Waals surface area contributed by atoms with Gasteiger partial charge in [-0.3, -0.25) is 9.59 Å². The number of ether oxygens (including phenoxy) is 2. The van der Waals surface area contributed by atoms with Gasteiger partial charge in [0, 0.05) is 23.9 Å². The number of hydrogen-bond acceptors (Lipinski definition) is 4. The molecule has 1 aromatic rings. The van der Waals surface area contributed by atoms with Crippen molar-refractivity contribution >= 4 is 17.6 Å². The summed E-state index contributed by atoms with van der Waals surface area (Å²) < 4.78 is 10.4. The van der Waals surface area contributed by atoms with Gasteiger partial charge in [0.05, 0.1) is 26.1 Å². The van der Waals surface area contributed by atoms with E-state index in [1.165, 1.54) is 0 Å². The Kier molecular flexibility index (Phi) is 4.64. The fourth-order valence-corrected chi connectivity index (χ4v) is 4.29. The highest BCUT2D eigenvalue weighted by Gasteiger charge is 2.50. The van der Waals surface area contributed by atoms with Gasteiger partial charge in [-0.25, -0.2) is 0 Å². The molecule has 3 saturated carbocycles. The second-order valence-corrected chi connectivity index (χ2v) is 6.66. The van der Waals surface area contributed by atoms with Crippen molar-refractivity contribution in [3.05, 3.63) is 18.2 Å². The van der Waals surface area contributed by atoms with Gasteiger partial charge in [0.2, 0.25) is 5.91 Å². The maximum Gasteiger partial charge on any atom is 0.307 e. The van der Waals surface area contributed by atoms with E-state index in [2.05, 4.69) is 5.32 Å². The Hall–Kier alpha value is -2.24. The standard InChI is InChI=1S/C18H23NO5/c1-23-13-7-12(8-14(9-13)24-2)19-17(20)15-10-3-5-11(6-4-10)16(15)18(21)22/h7-11,15-16H,3-6H2,1-2H3,(H,19,20)(H,21,22)/t10?,11?,15-,16-/m1/s1. The molecular formula is C18H23NO5. The number of carbonyl (C=O) groups is 2. The molecule has 1 aromatic carbocycles. The van der Waals surface area contributed by atoms with Gasteiger partial charge in [-0.05, 0) is 37.5 Å². The lowest BCUT2D eigenvalue weighted by atomic mass is 9.58. The highest BCUT2D eigenvalue weighted by molar-refractivity contribution is 5.96. The van der Waals surface area contributed by atoms with E-state index in [1.54, 1.807) is 32.4 Å². The van der Waals surface area contributed by atoms with Crippen LogP contribution in [0, 0.1) is 23.7 Å². The first-order chi connectivity index (χ1) is 11.5. The summed E-state index contributed by atoms with van der Waals surface area (Å²) in [6.07, 6.45) is 3.71. The molecule has 0 spiro atoms. The molecule has 130 valence electrons. The first kappa shape index (κ1) is 16.6. The third kappa shape index (κ3) is 3.05. The van der Waals surface area contributed by atoms with Crippen LogP contribution in [0.2, 0.25) is 0 Å². The lowest BCUT2D eigenvalue weighted by Gasteiger charge is -2.45. The zero-order valence-electron chi connectivity index (χ0n) is 14.0. The minimum Gasteiger partial charge on any atom is -0.497 e. The van der Waals surface area contributed by atoms with Gasteiger partial charge in [0.25, 0.3) is 0 Å². The molecule has 0 saturated heterocycles. The highest BCUT2D eigenvalue weighted by atomic mass is 16.5. The van der Waals surface area contributed by atoms with Crippen molar-refractivity contribution in [1.82, 2.24) is 0 Å². The van der Waals surface area contributed by atoms with Gasteiger partial charge in [-0.1, -0.05) is 0 Å². The molecule has 3 aliphatic carbocycles. The number of rotatable bonds is 5. The van der Waals surface area contributed by atoms with Crippen LogP contribution in [0.25, 0.3) is 0 Å². The van der Waals surface area contributed by atoms with E-state index < -0.39 is 17.8 Å². The molecule has 0 aromatic heterocycles. The summed E-state index contributed by atoms with van der Waals surface area (Å²) in [4.78, 5) is 24.5. The Morgan fingerprint density at radius 3 is 1.92 bits per heavy atom. The van der Waals surface area contributed by atoms with Crippen molar-refractivity contribution < 1.29 is 24.2 Å². The SMILES string of the molecule is COc1cc(NC(=O)[C@@H]2C3CCC(CC3)[C@H]2C(=O)O)cc(OC)c1. The van der Waals surface area contributed by atoms with Crippen LogP contribution in [-0.2, 0) is 9.59 Å². The number of benzene rings is 1. The predicted molar refractivity (Wildman–Crippen MR) is 88.2 cm³/mol. The van der Waals surface area contributed by atoms with Crippen molar-refractivity contribution in [2.24, 2.45) is 23.7 Å². The van der Waals surface area contributed by atoms with Crippen molar-refractivity contribution in [3.8, 4) is 11.5 Å². The quantitative estimate of drug-likeness (QED) is 0.865. The molecule has 6 heteroatoms. The zero-order chi connectivity index (χ0) is 17.3. The molecule has 0 unspecified atom stereocenters. The molecule has 0 radical (unpaired) electrons. The molecule has 0 aliphatic heterocycles. The number of anilines is 1. The molecule has 1 amide bonds. The summed E-state index contributed by atoms with van der Waals surface area (Å²) in [7, 11) is 3.09. The number of carboxylic acid groups (broad SMARTS) is 1. The maximum absolute atomic E-state index is 12.8. The molecule has 2 N–H and O–H groups in total. The van der Waals surface area contributed by atoms with E-state index in [0.717, 1.165) is 25.7 Å². The zero-order valence-corrected chi connectivity index (χ0v) is 14.0. The number of carbonyl (C=O) groups excluding carboxylic acids is 1. The third-order valence-corrected chi connectivity index (χ3v) is 5.43. The van der Waals surface area contributed by atoms with Crippen LogP contribution in [0.5, 0.6) is 11.5 Å².